The number of aromatic nitrogens is 1. The van der Waals surface area contributed by atoms with E-state index in [4.69, 9.17) is 4.42 Å². The number of carbonyl (C=O) groups is 1. The minimum atomic E-state index is -0.296. The Morgan fingerprint density at radius 1 is 1.04 bits per heavy atom. The third-order valence-electron chi connectivity index (χ3n) is 4.41. The van der Waals surface area contributed by atoms with E-state index in [0.717, 1.165) is 22.4 Å². The summed E-state index contributed by atoms with van der Waals surface area (Å²) in [4.78, 5) is 17.9. The van der Waals surface area contributed by atoms with E-state index in [1.54, 1.807) is 12.3 Å². The van der Waals surface area contributed by atoms with E-state index in [-0.39, 0.29) is 11.7 Å². The van der Waals surface area contributed by atoms with Gasteiger partial charge in [0, 0.05) is 23.1 Å². The molecule has 0 unspecified atom stereocenters. The Morgan fingerprint density at radius 2 is 1.86 bits per heavy atom. The molecule has 0 atom stereocenters. The smallest absolute Gasteiger partial charge is 0.293 e. The molecule has 2 aromatic carbocycles. The maximum atomic E-state index is 12.5. The number of amides is 1. The fourth-order valence-electron chi connectivity index (χ4n) is 2.93. The van der Waals surface area contributed by atoms with Crippen LogP contribution in [0.25, 0.3) is 11.3 Å². The van der Waals surface area contributed by atoms with Gasteiger partial charge in [0.05, 0.1) is 0 Å². The summed E-state index contributed by atoms with van der Waals surface area (Å²) in [7, 11) is 0. The number of hydrogen-bond acceptors (Lipinski definition) is 4. The van der Waals surface area contributed by atoms with Crippen LogP contribution in [0.4, 0.5) is 5.13 Å². The Hall–Kier alpha value is -3.18. The number of nitrogens with one attached hydrogen (secondary N) is 1. The van der Waals surface area contributed by atoms with Crippen LogP contribution in [-0.2, 0) is 6.42 Å². The molecular weight excluding hydrogens is 368 g/mol. The highest BCUT2D eigenvalue weighted by Crippen LogP contribution is 2.25. The molecule has 0 saturated carbocycles. The van der Waals surface area contributed by atoms with Gasteiger partial charge in [-0.15, -0.1) is 11.3 Å². The lowest BCUT2D eigenvalue weighted by Gasteiger charge is -2.00. The summed E-state index contributed by atoms with van der Waals surface area (Å²) in [5.41, 5.74) is 4.56. The highest BCUT2D eigenvalue weighted by atomic mass is 32.1. The standard InChI is InChI=1S/C23H20N2O2S/c1-15-6-8-17(9-7-15)13-19-14-24-23(28-19)25-22(26)21-11-10-20(27-21)18-5-3-4-16(2)12-18/h3-12,14H,13H2,1-2H3,(H,24,25,26). The summed E-state index contributed by atoms with van der Waals surface area (Å²) >= 11 is 1.48. The van der Waals surface area contributed by atoms with Gasteiger partial charge in [-0.1, -0.05) is 53.6 Å². The Kier molecular flexibility index (Phi) is 5.08. The molecule has 4 rings (SSSR count). The van der Waals surface area contributed by atoms with Crippen LogP contribution in [0.1, 0.15) is 32.1 Å². The van der Waals surface area contributed by atoms with Crippen molar-refractivity contribution in [3.8, 4) is 11.3 Å². The molecule has 4 aromatic rings. The maximum absolute atomic E-state index is 12.5. The molecule has 1 amide bonds. The topological polar surface area (TPSA) is 55.1 Å². The summed E-state index contributed by atoms with van der Waals surface area (Å²) in [6.45, 7) is 4.10. The number of rotatable bonds is 5. The first-order valence-corrected chi connectivity index (χ1v) is 9.87. The molecule has 5 heteroatoms. The summed E-state index contributed by atoms with van der Waals surface area (Å²) in [5.74, 6) is 0.648. The van der Waals surface area contributed by atoms with Gasteiger partial charge in [0.25, 0.3) is 5.91 Å². The Balaban J connectivity index is 1.43. The van der Waals surface area contributed by atoms with E-state index in [0.29, 0.717) is 10.9 Å². The van der Waals surface area contributed by atoms with Crippen LogP contribution in [-0.4, -0.2) is 10.9 Å². The number of hydrogen-bond donors (Lipinski definition) is 1. The molecule has 0 spiro atoms. The fourth-order valence-corrected chi connectivity index (χ4v) is 3.77. The second-order valence-electron chi connectivity index (χ2n) is 6.78. The van der Waals surface area contributed by atoms with E-state index in [2.05, 4.69) is 41.5 Å². The Morgan fingerprint density at radius 3 is 2.64 bits per heavy atom. The van der Waals surface area contributed by atoms with Gasteiger partial charge in [-0.3, -0.25) is 10.1 Å². The van der Waals surface area contributed by atoms with Crippen molar-refractivity contribution < 1.29 is 9.21 Å². The number of furan rings is 1. The summed E-state index contributed by atoms with van der Waals surface area (Å²) in [6.07, 6.45) is 2.60. The summed E-state index contributed by atoms with van der Waals surface area (Å²) < 4.78 is 5.74. The minimum Gasteiger partial charge on any atom is -0.451 e. The van der Waals surface area contributed by atoms with Gasteiger partial charge < -0.3 is 4.42 Å². The van der Waals surface area contributed by atoms with Crippen LogP contribution in [0.2, 0.25) is 0 Å². The average Bonchev–Trinajstić information content (AvgIpc) is 3.33. The minimum absolute atomic E-state index is 0.270. The van der Waals surface area contributed by atoms with E-state index in [1.807, 2.05) is 37.3 Å². The highest BCUT2D eigenvalue weighted by Gasteiger charge is 2.14. The quantitative estimate of drug-likeness (QED) is 0.466. The second-order valence-corrected chi connectivity index (χ2v) is 7.90. The summed E-state index contributed by atoms with van der Waals surface area (Å²) in [5, 5.41) is 3.39. The molecule has 0 saturated heterocycles. The van der Waals surface area contributed by atoms with Gasteiger partial charge in [-0.2, -0.15) is 0 Å². The Bertz CT molecular complexity index is 1110. The molecule has 140 valence electrons. The molecule has 0 radical (unpaired) electrons. The van der Waals surface area contributed by atoms with Crippen LogP contribution < -0.4 is 5.32 Å². The van der Waals surface area contributed by atoms with Crippen molar-refractivity contribution in [3.05, 3.63) is 94.2 Å². The second kappa shape index (κ2) is 7.82. The molecule has 0 aliphatic heterocycles. The molecule has 2 heterocycles. The van der Waals surface area contributed by atoms with Gasteiger partial charge in [0.1, 0.15) is 5.76 Å². The fraction of sp³-hybridized carbons (Fsp3) is 0.130. The van der Waals surface area contributed by atoms with Crippen LogP contribution in [0.15, 0.2) is 71.3 Å². The third-order valence-corrected chi connectivity index (χ3v) is 5.32. The first-order chi connectivity index (χ1) is 13.6. The molecular formula is C23H20N2O2S. The highest BCUT2D eigenvalue weighted by molar-refractivity contribution is 7.15. The van der Waals surface area contributed by atoms with Gasteiger partial charge in [-0.05, 0) is 37.6 Å². The molecule has 0 aliphatic carbocycles. The molecule has 0 fully saturated rings. The predicted molar refractivity (Wildman–Crippen MR) is 113 cm³/mol. The van der Waals surface area contributed by atoms with Crippen molar-refractivity contribution in [2.45, 2.75) is 20.3 Å². The summed E-state index contributed by atoms with van der Waals surface area (Å²) in [6, 6.07) is 19.9. The SMILES string of the molecule is Cc1ccc(Cc2cnc(NC(=O)c3ccc(-c4cccc(C)c4)o3)s2)cc1. The van der Waals surface area contributed by atoms with Crippen LogP contribution in [0.3, 0.4) is 0 Å². The lowest BCUT2D eigenvalue weighted by Crippen LogP contribution is -2.10. The number of thiazole rings is 1. The first kappa shape index (κ1) is 18.2. The van der Waals surface area contributed by atoms with E-state index >= 15 is 0 Å². The lowest BCUT2D eigenvalue weighted by molar-refractivity contribution is 0.0997. The zero-order valence-electron chi connectivity index (χ0n) is 15.7. The molecule has 2 aromatic heterocycles. The van der Waals surface area contributed by atoms with Gasteiger partial charge in [-0.25, -0.2) is 4.98 Å². The molecule has 0 bridgehead atoms. The number of aryl methyl sites for hydroxylation is 2. The Labute approximate surface area is 167 Å². The lowest BCUT2D eigenvalue weighted by atomic mass is 10.1. The number of carbonyl (C=O) groups excluding carboxylic acids is 1. The van der Waals surface area contributed by atoms with Crippen molar-refractivity contribution >= 4 is 22.4 Å². The molecule has 28 heavy (non-hydrogen) atoms. The van der Waals surface area contributed by atoms with Crippen LogP contribution in [0.5, 0.6) is 0 Å². The predicted octanol–water partition coefficient (Wildman–Crippen LogP) is 5.86. The van der Waals surface area contributed by atoms with E-state index in [1.165, 1.54) is 22.5 Å². The van der Waals surface area contributed by atoms with E-state index in [9.17, 15) is 4.79 Å². The third kappa shape index (κ3) is 4.21. The van der Waals surface area contributed by atoms with Crippen LogP contribution in [0, 0.1) is 13.8 Å². The van der Waals surface area contributed by atoms with Crippen molar-refractivity contribution in [3.63, 3.8) is 0 Å². The normalized spacial score (nSPS) is 10.8. The van der Waals surface area contributed by atoms with Crippen molar-refractivity contribution in [1.82, 2.24) is 4.98 Å². The van der Waals surface area contributed by atoms with Crippen molar-refractivity contribution in [2.75, 3.05) is 5.32 Å². The number of nitrogens with zero attached hydrogens (tertiary/aromatic N) is 1. The maximum Gasteiger partial charge on any atom is 0.293 e. The largest absolute Gasteiger partial charge is 0.451 e. The van der Waals surface area contributed by atoms with Crippen LogP contribution >= 0.6 is 11.3 Å². The molecule has 1 N–H and O–H groups in total. The van der Waals surface area contributed by atoms with Gasteiger partial charge in [0.15, 0.2) is 10.9 Å². The molecule has 0 aliphatic rings. The van der Waals surface area contributed by atoms with Gasteiger partial charge >= 0.3 is 0 Å². The van der Waals surface area contributed by atoms with Crippen molar-refractivity contribution in [1.29, 1.82) is 0 Å². The van der Waals surface area contributed by atoms with E-state index < -0.39 is 0 Å². The number of benzene rings is 2. The molecule has 4 nitrogen and oxygen atoms in total. The number of anilines is 1. The van der Waals surface area contributed by atoms with Crippen molar-refractivity contribution in [2.24, 2.45) is 0 Å². The first-order valence-electron chi connectivity index (χ1n) is 9.05. The zero-order chi connectivity index (χ0) is 19.5. The average molecular weight is 388 g/mol. The van der Waals surface area contributed by atoms with Gasteiger partial charge in [0.2, 0.25) is 0 Å². The zero-order valence-corrected chi connectivity index (χ0v) is 16.5. The monoisotopic (exact) mass is 388 g/mol.